The van der Waals surface area contributed by atoms with Gasteiger partial charge in [-0.1, -0.05) is 47.4 Å². The summed E-state index contributed by atoms with van der Waals surface area (Å²) in [4.78, 5) is 18.8. The molecule has 2 heterocycles. The van der Waals surface area contributed by atoms with Crippen molar-refractivity contribution in [1.29, 1.82) is 0 Å². The Kier molecular flexibility index (Phi) is 5.18. The molecule has 0 radical (unpaired) electrons. The Morgan fingerprint density at radius 1 is 1.23 bits per heavy atom. The number of amides is 1. The minimum atomic E-state index is -0.0248. The number of nitrogens with zero attached hydrogens (tertiary/aromatic N) is 2. The summed E-state index contributed by atoms with van der Waals surface area (Å²) in [5, 5.41) is 4.52. The minimum Gasteiger partial charge on any atom is -0.301 e. The van der Waals surface area contributed by atoms with E-state index in [0.29, 0.717) is 27.2 Å². The lowest BCUT2D eigenvalue weighted by Gasteiger charge is -2.18. The summed E-state index contributed by atoms with van der Waals surface area (Å²) >= 11 is 13.5. The molecule has 1 aliphatic rings. The molecule has 0 atom stereocenters. The van der Waals surface area contributed by atoms with Crippen molar-refractivity contribution in [3.05, 3.63) is 22.2 Å². The number of aromatic nitrogens is 1. The Labute approximate surface area is 143 Å². The van der Waals surface area contributed by atoms with Crippen LogP contribution in [-0.2, 0) is 4.79 Å². The summed E-state index contributed by atoms with van der Waals surface area (Å²) < 4.78 is 0.877. The van der Waals surface area contributed by atoms with Crippen molar-refractivity contribution in [2.24, 2.45) is 0 Å². The molecule has 4 nitrogen and oxygen atoms in total. The first kappa shape index (κ1) is 16.0. The van der Waals surface area contributed by atoms with E-state index in [1.807, 2.05) is 6.07 Å². The monoisotopic (exact) mass is 357 g/mol. The molecule has 1 N–H and O–H groups in total. The molecule has 1 fully saturated rings. The molecule has 0 bridgehead atoms. The lowest BCUT2D eigenvalue weighted by atomic mass is 10.2. The zero-order valence-electron chi connectivity index (χ0n) is 12.1. The molecule has 1 amide bonds. The third kappa shape index (κ3) is 3.90. The molecule has 0 spiro atoms. The highest BCUT2D eigenvalue weighted by atomic mass is 35.5. The van der Waals surface area contributed by atoms with Gasteiger partial charge in [0.15, 0.2) is 5.13 Å². The Bertz CT molecular complexity index is 681. The van der Waals surface area contributed by atoms with Crippen molar-refractivity contribution < 1.29 is 4.79 Å². The highest BCUT2D eigenvalue weighted by Crippen LogP contribution is 2.33. The number of nitrogens with one attached hydrogen (secondary N) is 1. The van der Waals surface area contributed by atoms with Gasteiger partial charge in [0, 0.05) is 5.02 Å². The van der Waals surface area contributed by atoms with Gasteiger partial charge in [-0.15, -0.1) is 0 Å². The highest BCUT2D eigenvalue weighted by molar-refractivity contribution is 7.22. The average molecular weight is 358 g/mol. The number of halogens is 2. The lowest BCUT2D eigenvalue weighted by Crippen LogP contribution is -2.33. The molecular weight excluding hydrogens is 341 g/mol. The van der Waals surface area contributed by atoms with Crippen LogP contribution in [-0.4, -0.2) is 35.4 Å². The van der Waals surface area contributed by atoms with Gasteiger partial charge in [0.25, 0.3) is 0 Å². The number of thiazole rings is 1. The minimum absolute atomic E-state index is 0.0248. The van der Waals surface area contributed by atoms with Crippen LogP contribution >= 0.6 is 34.5 Å². The summed E-state index contributed by atoms with van der Waals surface area (Å²) in [6, 6.07) is 3.47. The van der Waals surface area contributed by atoms with E-state index in [1.165, 1.54) is 37.0 Å². The maximum atomic E-state index is 12.2. The third-order valence-corrected chi connectivity index (χ3v) is 5.15. The molecule has 1 aromatic carbocycles. The molecule has 0 aliphatic carbocycles. The highest BCUT2D eigenvalue weighted by Gasteiger charge is 2.15. The Morgan fingerprint density at radius 2 is 1.95 bits per heavy atom. The molecule has 1 saturated heterocycles. The summed E-state index contributed by atoms with van der Waals surface area (Å²) in [6.45, 7) is 2.41. The number of carbonyl (C=O) groups is 1. The molecule has 3 rings (SSSR count). The molecule has 118 valence electrons. The quantitative estimate of drug-likeness (QED) is 0.884. The maximum Gasteiger partial charge on any atom is 0.240 e. The number of benzene rings is 1. The molecule has 0 unspecified atom stereocenters. The number of fused-ring (bicyclic) bond motifs is 1. The molecule has 22 heavy (non-hydrogen) atoms. The van der Waals surface area contributed by atoms with Crippen LogP contribution in [0.2, 0.25) is 10.0 Å². The van der Waals surface area contributed by atoms with Crippen LogP contribution in [0, 0.1) is 0 Å². The van der Waals surface area contributed by atoms with Gasteiger partial charge < -0.3 is 5.32 Å². The summed E-state index contributed by atoms with van der Waals surface area (Å²) in [5.74, 6) is -0.0248. The SMILES string of the molecule is O=C(CN1CCCCCC1)Nc1nc2c(Cl)cc(Cl)cc2s1. The van der Waals surface area contributed by atoms with Gasteiger partial charge in [0.1, 0.15) is 5.52 Å². The first-order chi connectivity index (χ1) is 10.6. The van der Waals surface area contributed by atoms with Crippen molar-refractivity contribution in [2.75, 3.05) is 25.0 Å². The van der Waals surface area contributed by atoms with E-state index in [2.05, 4.69) is 15.2 Å². The summed E-state index contributed by atoms with van der Waals surface area (Å²) in [7, 11) is 0. The van der Waals surface area contributed by atoms with Crippen molar-refractivity contribution in [2.45, 2.75) is 25.7 Å². The standard InChI is InChI=1S/C15H17Cl2N3OS/c16-10-7-11(17)14-12(8-10)22-15(19-14)18-13(21)9-20-5-3-1-2-4-6-20/h7-8H,1-6,9H2,(H,18,19,21). The number of rotatable bonds is 3. The molecule has 2 aromatic rings. The number of likely N-dealkylation sites (tertiary alicyclic amines) is 1. The molecular formula is C15H17Cl2N3OS. The predicted octanol–water partition coefficient (Wildman–Crippen LogP) is 4.42. The van der Waals surface area contributed by atoms with Crippen LogP contribution in [0.3, 0.4) is 0 Å². The van der Waals surface area contributed by atoms with E-state index in [9.17, 15) is 4.79 Å². The van der Waals surface area contributed by atoms with Gasteiger partial charge in [-0.05, 0) is 38.1 Å². The third-order valence-electron chi connectivity index (χ3n) is 3.73. The van der Waals surface area contributed by atoms with E-state index in [-0.39, 0.29) is 5.91 Å². The number of hydrogen-bond donors (Lipinski definition) is 1. The predicted molar refractivity (Wildman–Crippen MR) is 93.2 cm³/mol. The van der Waals surface area contributed by atoms with Gasteiger partial charge in [0.05, 0.1) is 16.3 Å². The Morgan fingerprint density at radius 3 is 2.68 bits per heavy atom. The van der Waals surface area contributed by atoms with Crippen LogP contribution in [0.25, 0.3) is 10.2 Å². The van der Waals surface area contributed by atoms with Crippen LogP contribution in [0.1, 0.15) is 25.7 Å². The fourth-order valence-corrected chi connectivity index (χ4v) is 4.27. The van der Waals surface area contributed by atoms with Crippen molar-refractivity contribution in [1.82, 2.24) is 9.88 Å². The van der Waals surface area contributed by atoms with E-state index < -0.39 is 0 Å². The second kappa shape index (κ2) is 7.13. The first-order valence-corrected chi connectivity index (χ1v) is 8.97. The fraction of sp³-hybridized carbons (Fsp3) is 0.467. The van der Waals surface area contributed by atoms with Crippen LogP contribution in [0.4, 0.5) is 5.13 Å². The van der Waals surface area contributed by atoms with E-state index in [4.69, 9.17) is 23.2 Å². The number of anilines is 1. The Balaban J connectivity index is 1.67. The number of hydrogen-bond acceptors (Lipinski definition) is 4. The summed E-state index contributed by atoms with van der Waals surface area (Å²) in [5.41, 5.74) is 0.682. The van der Waals surface area contributed by atoms with E-state index >= 15 is 0 Å². The van der Waals surface area contributed by atoms with E-state index in [0.717, 1.165) is 17.8 Å². The molecule has 1 aromatic heterocycles. The second-order valence-electron chi connectivity index (χ2n) is 5.49. The van der Waals surface area contributed by atoms with Crippen molar-refractivity contribution in [3.8, 4) is 0 Å². The van der Waals surface area contributed by atoms with Crippen LogP contribution in [0.15, 0.2) is 12.1 Å². The molecule has 7 heteroatoms. The Hall–Kier alpha value is -0.880. The molecule has 1 aliphatic heterocycles. The first-order valence-electron chi connectivity index (χ1n) is 7.39. The molecule has 0 saturated carbocycles. The van der Waals surface area contributed by atoms with Gasteiger partial charge in [-0.3, -0.25) is 9.69 Å². The normalized spacial score (nSPS) is 16.6. The van der Waals surface area contributed by atoms with Gasteiger partial charge in [-0.2, -0.15) is 0 Å². The van der Waals surface area contributed by atoms with Gasteiger partial charge in [-0.25, -0.2) is 4.98 Å². The largest absolute Gasteiger partial charge is 0.301 e. The van der Waals surface area contributed by atoms with Crippen molar-refractivity contribution >= 4 is 55.8 Å². The van der Waals surface area contributed by atoms with Gasteiger partial charge >= 0.3 is 0 Å². The average Bonchev–Trinajstić information content (AvgIpc) is 2.67. The number of carbonyl (C=O) groups excluding carboxylic acids is 1. The van der Waals surface area contributed by atoms with Crippen LogP contribution in [0.5, 0.6) is 0 Å². The van der Waals surface area contributed by atoms with Crippen LogP contribution < -0.4 is 5.32 Å². The summed E-state index contributed by atoms with van der Waals surface area (Å²) in [6.07, 6.45) is 4.86. The maximum absolute atomic E-state index is 12.2. The van der Waals surface area contributed by atoms with E-state index in [1.54, 1.807) is 6.07 Å². The smallest absolute Gasteiger partial charge is 0.240 e. The zero-order valence-corrected chi connectivity index (χ0v) is 14.4. The van der Waals surface area contributed by atoms with Gasteiger partial charge in [0.2, 0.25) is 5.91 Å². The lowest BCUT2D eigenvalue weighted by molar-refractivity contribution is -0.117. The zero-order chi connectivity index (χ0) is 15.5. The van der Waals surface area contributed by atoms with Crippen molar-refractivity contribution in [3.63, 3.8) is 0 Å². The topological polar surface area (TPSA) is 45.2 Å². The second-order valence-corrected chi connectivity index (χ2v) is 7.37. The fourth-order valence-electron chi connectivity index (χ4n) is 2.67.